The van der Waals surface area contributed by atoms with Gasteiger partial charge in [-0.2, -0.15) is 0 Å². The van der Waals surface area contributed by atoms with E-state index in [1.807, 2.05) is 54.6 Å². The van der Waals surface area contributed by atoms with Crippen molar-refractivity contribution in [1.82, 2.24) is 14.5 Å². The Bertz CT molecular complexity index is 4190. The second kappa shape index (κ2) is 13.4. The quantitative estimate of drug-likeness (QED) is 0.173. The van der Waals surface area contributed by atoms with Gasteiger partial charge >= 0.3 is 0 Å². The van der Waals surface area contributed by atoms with Crippen LogP contribution in [0.4, 0.5) is 0 Å². The van der Waals surface area contributed by atoms with Crippen LogP contribution in [-0.2, 0) is 0 Å². The number of hydrogen-bond donors (Lipinski definition) is 0. The first-order valence-electron chi connectivity index (χ1n) is 21.5. The minimum Gasteiger partial charge on any atom is -0.456 e. The Morgan fingerprint density at radius 2 is 0.922 bits per heavy atom. The second-order valence-electron chi connectivity index (χ2n) is 16.4. The Balaban J connectivity index is 0.976. The van der Waals surface area contributed by atoms with Gasteiger partial charge in [-0.05, 0) is 95.1 Å². The summed E-state index contributed by atoms with van der Waals surface area (Å²) >= 11 is 0. The maximum atomic E-state index is 6.83. The molecule has 0 saturated carbocycles. The molecular formula is C58H33N3O3. The average Bonchev–Trinajstić information content (AvgIpc) is 4.12. The predicted octanol–water partition coefficient (Wildman–Crippen LogP) is 15.9. The molecule has 6 heteroatoms. The highest BCUT2D eigenvalue weighted by Gasteiger charge is 2.23. The van der Waals surface area contributed by atoms with Crippen LogP contribution in [0.1, 0.15) is 0 Å². The lowest BCUT2D eigenvalue weighted by atomic mass is 9.97. The minimum atomic E-state index is 0.618. The predicted molar refractivity (Wildman–Crippen MR) is 260 cm³/mol. The molecule has 0 amide bonds. The summed E-state index contributed by atoms with van der Waals surface area (Å²) in [5.74, 6) is 0.618. The molecule has 0 aliphatic rings. The van der Waals surface area contributed by atoms with Crippen LogP contribution in [0.2, 0.25) is 0 Å². The Morgan fingerprint density at radius 1 is 0.344 bits per heavy atom. The molecule has 6 nitrogen and oxygen atoms in total. The van der Waals surface area contributed by atoms with Gasteiger partial charge in [-0.15, -0.1) is 0 Å². The molecule has 0 bridgehead atoms. The maximum Gasteiger partial charge on any atom is 0.180 e. The number of nitrogens with zero attached hydrogens (tertiary/aromatic N) is 3. The van der Waals surface area contributed by atoms with Crippen molar-refractivity contribution in [1.29, 1.82) is 0 Å². The van der Waals surface area contributed by atoms with Gasteiger partial charge in [0.1, 0.15) is 39.1 Å². The van der Waals surface area contributed by atoms with Crippen LogP contribution >= 0.6 is 0 Å². The van der Waals surface area contributed by atoms with Crippen molar-refractivity contribution in [3.05, 3.63) is 200 Å². The smallest absolute Gasteiger partial charge is 0.180 e. The van der Waals surface area contributed by atoms with Gasteiger partial charge in [0.15, 0.2) is 11.4 Å². The SMILES string of the molecule is c1ccc(-c2nc(-c3cccc4oc5ccc(-c6ccc7c(c6)c6ccccc6n7-c6ccccc6)cc5c34)c3oc4ccc(-c5cccc6oc7ccccc7c56)cc4c3n2)cc1. The summed E-state index contributed by atoms with van der Waals surface area (Å²) in [6.07, 6.45) is 0. The molecule has 0 saturated heterocycles. The first-order chi connectivity index (χ1) is 31.7. The fourth-order valence-electron chi connectivity index (χ4n) is 9.94. The highest BCUT2D eigenvalue weighted by Crippen LogP contribution is 2.44. The van der Waals surface area contributed by atoms with E-state index in [-0.39, 0.29) is 0 Å². The van der Waals surface area contributed by atoms with Gasteiger partial charge in [0.25, 0.3) is 0 Å². The Labute approximate surface area is 364 Å². The number of fused-ring (bicyclic) bond motifs is 12. The number of para-hydroxylation sites is 3. The number of aromatic nitrogens is 3. The van der Waals surface area contributed by atoms with Gasteiger partial charge in [-0.25, -0.2) is 9.97 Å². The lowest BCUT2D eigenvalue weighted by Crippen LogP contribution is -1.94. The number of furan rings is 3. The number of benzene rings is 9. The van der Waals surface area contributed by atoms with Gasteiger partial charge in [-0.3, -0.25) is 0 Å². The fraction of sp³-hybridized carbons (Fsp3) is 0. The molecule has 0 aliphatic heterocycles. The summed E-state index contributed by atoms with van der Waals surface area (Å²) in [6, 6.07) is 69.6. The van der Waals surface area contributed by atoms with E-state index in [0.29, 0.717) is 17.1 Å². The molecule has 0 fully saturated rings. The molecule has 14 aromatic rings. The van der Waals surface area contributed by atoms with Crippen LogP contribution in [0.25, 0.3) is 138 Å². The van der Waals surface area contributed by atoms with Crippen molar-refractivity contribution >= 4 is 87.8 Å². The van der Waals surface area contributed by atoms with Gasteiger partial charge in [-0.1, -0.05) is 127 Å². The minimum absolute atomic E-state index is 0.618. The zero-order chi connectivity index (χ0) is 41.9. The summed E-state index contributed by atoms with van der Waals surface area (Å²) in [5.41, 5.74) is 15.8. The fourth-order valence-corrected chi connectivity index (χ4v) is 9.94. The van der Waals surface area contributed by atoms with E-state index in [1.165, 1.54) is 21.8 Å². The van der Waals surface area contributed by atoms with Gasteiger partial charge in [0.05, 0.1) is 11.0 Å². The van der Waals surface area contributed by atoms with Crippen molar-refractivity contribution in [3.63, 3.8) is 0 Å². The summed E-state index contributed by atoms with van der Waals surface area (Å²) in [4.78, 5) is 10.6. The average molecular weight is 820 g/mol. The summed E-state index contributed by atoms with van der Waals surface area (Å²) < 4.78 is 22.1. The van der Waals surface area contributed by atoms with Crippen LogP contribution in [0.3, 0.4) is 0 Å². The van der Waals surface area contributed by atoms with Crippen LogP contribution in [0.5, 0.6) is 0 Å². The molecule has 5 heterocycles. The van der Waals surface area contributed by atoms with Crippen molar-refractivity contribution in [3.8, 4) is 50.6 Å². The summed E-state index contributed by atoms with van der Waals surface area (Å²) in [7, 11) is 0. The van der Waals surface area contributed by atoms with Crippen LogP contribution < -0.4 is 0 Å². The maximum absolute atomic E-state index is 6.83. The second-order valence-corrected chi connectivity index (χ2v) is 16.4. The lowest BCUT2D eigenvalue weighted by Gasteiger charge is -2.09. The molecule has 14 rings (SSSR count). The highest BCUT2D eigenvalue weighted by molar-refractivity contribution is 6.18. The molecule has 0 atom stereocenters. The number of rotatable bonds is 5. The largest absolute Gasteiger partial charge is 0.456 e. The van der Waals surface area contributed by atoms with E-state index >= 15 is 0 Å². The Kier molecular flexibility index (Phi) is 7.30. The highest BCUT2D eigenvalue weighted by atomic mass is 16.3. The molecule has 0 N–H and O–H groups in total. The van der Waals surface area contributed by atoms with E-state index in [4.69, 9.17) is 23.2 Å². The standard InChI is InChI=1S/C58H33N3O3/c1-3-13-34(14-4-1)58-59-55(57-56(60-58)45-33-37(27-30-50(45)64-57)39-19-11-23-51-53(39)41-18-8-10-22-48(41)62-51)42-20-12-24-52-54(42)44-32-36(26-29-49(44)63-52)35-25-28-47-43(31-35)40-17-7-9-21-46(40)61(47)38-15-5-2-6-16-38/h1-33H. The van der Waals surface area contributed by atoms with Crippen molar-refractivity contribution < 1.29 is 13.3 Å². The van der Waals surface area contributed by atoms with Crippen molar-refractivity contribution in [2.75, 3.05) is 0 Å². The third kappa shape index (κ3) is 5.14. The van der Waals surface area contributed by atoms with Crippen LogP contribution in [0.15, 0.2) is 213 Å². The lowest BCUT2D eigenvalue weighted by molar-refractivity contribution is 0.667. The normalized spacial score (nSPS) is 12.1. The molecule has 64 heavy (non-hydrogen) atoms. The zero-order valence-electron chi connectivity index (χ0n) is 34.1. The number of hydrogen-bond acceptors (Lipinski definition) is 5. The van der Waals surface area contributed by atoms with Crippen molar-refractivity contribution in [2.24, 2.45) is 0 Å². The molecule has 0 spiro atoms. The van der Waals surface area contributed by atoms with E-state index in [0.717, 1.165) is 99.4 Å². The molecule has 0 unspecified atom stereocenters. The molecule has 0 aliphatic carbocycles. The van der Waals surface area contributed by atoms with E-state index in [2.05, 4.69) is 150 Å². The first-order valence-corrected chi connectivity index (χ1v) is 21.5. The van der Waals surface area contributed by atoms with Crippen LogP contribution in [0, 0.1) is 0 Å². The van der Waals surface area contributed by atoms with Crippen molar-refractivity contribution in [2.45, 2.75) is 0 Å². The van der Waals surface area contributed by atoms with Gasteiger partial charge < -0.3 is 17.8 Å². The summed E-state index contributed by atoms with van der Waals surface area (Å²) in [6.45, 7) is 0. The molecular weight excluding hydrogens is 787 g/mol. The van der Waals surface area contributed by atoms with Gasteiger partial charge in [0.2, 0.25) is 0 Å². The third-order valence-corrected chi connectivity index (χ3v) is 12.8. The Hall–Kier alpha value is -8.74. The van der Waals surface area contributed by atoms with E-state index in [1.54, 1.807) is 0 Å². The van der Waals surface area contributed by atoms with E-state index < -0.39 is 0 Å². The first kappa shape index (κ1) is 34.9. The third-order valence-electron chi connectivity index (χ3n) is 12.8. The van der Waals surface area contributed by atoms with E-state index in [9.17, 15) is 0 Å². The van der Waals surface area contributed by atoms with Crippen LogP contribution in [-0.4, -0.2) is 14.5 Å². The molecule has 0 radical (unpaired) electrons. The molecule has 298 valence electrons. The monoisotopic (exact) mass is 819 g/mol. The van der Waals surface area contributed by atoms with Gasteiger partial charge in [0, 0.05) is 54.5 Å². The Morgan fingerprint density at radius 3 is 1.73 bits per heavy atom. The zero-order valence-corrected chi connectivity index (χ0v) is 34.1. The summed E-state index contributed by atoms with van der Waals surface area (Å²) in [5, 5.41) is 7.47. The molecule has 9 aromatic carbocycles. The molecule has 5 aromatic heterocycles. The topological polar surface area (TPSA) is 70.1 Å².